The van der Waals surface area contributed by atoms with Crippen molar-refractivity contribution in [3.63, 3.8) is 0 Å². The van der Waals surface area contributed by atoms with Gasteiger partial charge in [0, 0.05) is 36.4 Å². The van der Waals surface area contributed by atoms with Crippen molar-refractivity contribution in [3.8, 4) is 0 Å². The molecule has 2 aliphatic rings. The molecule has 1 aliphatic heterocycles. The molecule has 1 aliphatic carbocycles. The van der Waals surface area contributed by atoms with Gasteiger partial charge in [0.25, 0.3) is 5.91 Å². The fourth-order valence-corrected chi connectivity index (χ4v) is 4.94. The van der Waals surface area contributed by atoms with Crippen molar-refractivity contribution in [2.24, 2.45) is 0 Å². The van der Waals surface area contributed by atoms with Crippen LogP contribution >= 0.6 is 0 Å². The van der Waals surface area contributed by atoms with Crippen LogP contribution < -0.4 is 14.9 Å². The van der Waals surface area contributed by atoms with Crippen LogP contribution in [0.1, 0.15) is 35.7 Å². The second-order valence-corrected chi connectivity index (χ2v) is 9.27. The zero-order valence-electron chi connectivity index (χ0n) is 15.9. The number of benzene rings is 2. The Morgan fingerprint density at radius 1 is 1.11 bits per heavy atom. The van der Waals surface area contributed by atoms with Crippen LogP contribution in [0.5, 0.6) is 0 Å². The van der Waals surface area contributed by atoms with Gasteiger partial charge in [0.15, 0.2) is 0 Å². The maximum atomic E-state index is 12.4. The third-order valence-corrected chi connectivity index (χ3v) is 6.85. The molecule has 4 rings (SSSR count). The lowest BCUT2D eigenvalue weighted by Gasteiger charge is -2.25. The molecule has 28 heavy (non-hydrogen) atoms. The van der Waals surface area contributed by atoms with Gasteiger partial charge in [-0.1, -0.05) is 18.2 Å². The minimum Gasteiger partial charge on any atom is -0.367 e. The van der Waals surface area contributed by atoms with Gasteiger partial charge in [-0.3, -0.25) is 4.79 Å². The van der Waals surface area contributed by atoms with Gasteiger partial charge in [-0.15, -0.1) is 0 Å². The highest BCUT2D eigenvalue weighted by atomic mass is 32.2. The van der Waals surface area contributed by atoms with Crippen molar-refractivity contribution < 1.29 is 13.2 Å². The largest absolute Gasteiger partial charge is 0.367 e. The minimum atomic E-state index is -3.49. The fourth-order valence-electron chi connectivity index (χ4n) is 3.64. The molecular weight excluding hydrogens is 374 g/mol. The first kappa shape index (κ1) is 19.0. The van der Waals surface area contributed by atoms with Gasteiger partial charge in [0.1, 0.15) is 0 Å². The molecule has 2 N–H and O–H groups in total. The third-order valence-electron chi connectivity index (χ3n) is 5.31. The number of hydrogen-bond donors (Lipinski definition) is 2. The number of hydrogen-bond acceptors (Lipinski definition) is 4. The summed E-state index contributed by atoms with van der Waals surface area (Å²) >= 11 is 0. The summed E-state index contributed by atoms with van der Waals surface area (Å²) in [6.07, 6.45) is 2.80. The number of carbonyl (C=O) groups excluding carboxylic acids is 1. The first-order valence-electron chi connectivity index (χ1n) is 9.69. The first-order chi connectivity index (χ1) is 13.4. The normalized spacial score (nSPS) is 18.8. The van der Waals surface area contributed by atoms with Gasteiger partial charge in [0.05, 0.1) is 4.90 Å². The predicted octanol–water partition coefficient (Wildman–Crippen LogP) is 2.31. The molecule has 0 saturated heterocycles. The summed E-state index contributed by atoms with van der Waals surface area (Å²) in [6, 6.07) is 14.9. The molecule has 0 radical (unpaired) electrons. The fraction of sp³-hybridized carbons (Fsp3) is 0.381. The van der Waals surface area contributed by atoms with Gasteiger partial charge < -0.3 is 10.2 Å². The van der Waals surface area contributed by atoms with Gasteiger partial charge in [-0.25, -0.2) is 13.1 Å². The molecule has 7 heteroatoms. The quantitative estimate of drug-likeness (QED) is 0.749. The summed E-state index contributed by atoms with van der Waals surface area (Å²) in [5.41, 5.74) is 3.04. The third kappa shape index (κ3) is 4.05. The topological polar surface area (TPSA) is 78.5 Å². The lowest BCUT2D eigenvalue weighted by molar-refractivity contribution is 0.0954. The minimum absolute atomic E-state index is 0.0612. The summed E-state index contributed by atoms with van der Waals surface area (Å²) in [6.45, 7) is 3.46. The number of sulfonamides is 1. The van der Waals surface area contributed by atoms with Crippen LogP contribution in [0.2, 0.25) is 0 Å². The second-order valence-electron chi connectivity index (χ2n) is 7.55. The van der Waals surface area contributed by atoms with E-state index in [-0.39, 0.29) is 16.8 Å². The van der Waals surface area contributed by atoms with E-state index in [9.17, 15) is 13.2 Å². The van der Waals surface area contributed by atoms with Crippen LogP contribution in [0, 0.1) is 0 Å². The summed E-state index contributed by atoms with van der Waals surface area (Å²) in [5, 5.41) is 2.93. The van der Waals surface area contributed by atoms with E-state index in [1.807, 2.05) is 6.07 Å². The zero-order chi connectivity index (χ0) is 19.7. The molecule has 1 fully saturated rings. The zero-order valence-corrected chi connectivity index (χ0v) is 16.7. The van der Waals surface area contributed by atoms with Crippen molar-refractivity contribution >= 4 is 21.6 Å². The average Bonchev–Trinajstić information content (AvgIpc) is 3.43. The van der Waals surface area contributed by atoms with E-state index < -0.39 is 10.0 Å². The Kier molecular flexibility index (Phi) is 5.12. The molecule has 0 aromatic heterocycles. The molecule has 1 unspecified atom stereocenters. The van der Waals surface area contributed by atoms with Gasteiger partial charge in [0.2, 0.25) is 10.0 Å². The molecule has 6 nitrogen and oxygen atoms in total. The van der Waals surface area contributed by atoms with Crippen LogP contribution in [0.25, 0.3) is 0 Å². The number of nitrogens with zero attached hydrogens (tertiary/aromatic N) is 1. The van der Waals surface area contributed by atoms with Crippen LogP contribution in [0.3, 0.4) is 0 Å². The van der Waals surface area contributed by atoms with Crippen LogP contribution in [-0.4, -0.2) is 39.5 Å². The van der Waals surface area contributed by atoms with E-state index in [2.05, 4.69) is 40.1 Å². The number of nitrogens with one attached hydrogen (secondary N) is 2. The lowest BCUT2D eigenvalue weighted by atomic mass is 10.1. The smallest absolute Gasteiger partial charge is 0.251 e. The summed E-state index contributed by atoms with van der Waals surface area (Å²) < 4.78 is 27.0. The number of anilines is 1. The van der Waals surface area contributed by atoms with E-state index in [1.165, 1.54) is 23.4 Å². The van der Waals surface area contributed by atoms with Gasteiger partial charge in [-0.2, -0.15) is 0 Å². The summed E-state index contributed by atoms with van der Waals surface area (Å²) in [7, 11) is -3.49. The molecule has 2 aromatic rings. The molecule has 1 heterocycles. The number of carbonyl (C=O) groups is 1. The van der Waals surface area contributed by atoms with Crippen LogP contribution in [0.15, 0.2) is 53.4 Å². The molecule has 148 valence electrons. The lowest BCUT2D eigenvalue weighted by Crippen LogP contribution is -2.37. The Bertz CT molecular complexity index is 969. The van der Waals surface area contributed by atoms with Crippen molar-refractivity contribution in [1.82, 2.24) is 10.0 Å². The highest BCUT2D eigenvalue weighted by molar-refractivity contribution is 7.89. The summed E-state index contributed by atoms with van der Waals surface area (Å²) in [5.74, 6) is -0.195. The van der Waals surface area contributed by atoms with Crippen LogP contribution in [0.4, 0.5) is 5.69 Å². The molecule has 2 aromatic carbocycles. The first-order valence-corrected chi connectivity index (χ1v) is 11.2. The Morgan fingerprint density at radius 3 is 2.54 bits per heavy atom. The Morgan fingerprint density at radius 2 is 1.82 bits per heavy atom. The predicted molar refractivity (Wildman–Crippen MR) is 109 cm³/mol. The monoisotopic (exact) mass is 399 g/mol. The molecular formula is C21H25N3O3S. The standard InChI is InChI=1S/C21H25N3O3S/c1-15-14-17-4-2-3-5-20(17)24(15)13-12-22-21(25)16-6-10-19(11-7-16)28(26,27)23-18-8-9-18/h2-7,10-11,15,18,23H,8-9,12-14H2,1H3,(H,22,25). The van der Waals surface area contributed by atoms with E-state index >= 15 is 0 Å². The Balaban J connectivity index is 1.33. The van der Waals surface area contributed by atoms with E-state index in [1.54, 1.807) is 12.1 Å². The van der Waals surface area contributed by atoms with Crippen molar-refractivity contribution in [3.05, 3.63) is 59.7 Å². The van der Waals surface area contributed by atoms with E-state index in [0.29, 0.717) is 18.2 Å². The summed E-state index contributed by atoms with van der Waals surface area (Å²) in [4.78, 5) is 14.9. The maximum absolute atomic E-state index is 12.4. The molecule has 0 bridgehead atoms. The number of amides is 1. The highest BCUT2D eigenvalue weighted by Crippen LogP contribution is 2.31. The molecule has 0 spiro atoms. The average molecular weight is 400 g/mol. The molecule has 1 atom stereocenters. The van der Waals surface area contributed by atoms with Gasteiger partial charge >= 0.3 is 0 Å². The number of fused-ring (bicyclic) bond motifs is 1. The highest BCUT2D eigenvalue weighted by Gasteiger charge is 2.28. The van der Waals surface area contributed by atoms with Gasteiger partial charge in [-0.05, 0) is 62.1 Å². The molecule has 1 saturated carbocycles. The Hall–Kier alpha value is -2.38. The van der Waals surface area contributed by atoms with Crippen LogP contribution in [-0.2, 0) is 16.4 Å². The van der Waals surface area contributed by atoms with Crippen molar-refractivity contribution in [2.75, 3.05) is 18.0 Å². The molecule has 1 amide bonds. The van der Waals surface area contributed by atoms with E-state index in [0.717, 1.165) is 25.8 Å². The Labute approximate surface area is 166 Å². The van der Waals surface area contributed by atoms with Crippen molar-refractivity contribution in [1.29, 1.82) is 0 Å². The maximum Gasteiger partial charge on any atom is 0.251 e. The van der Waals surface area contributed by atoms with E-state index in [4.69, 9.17) is 0 Å². The van der Waals surface area contributed by atoms with Crippen molar-refractivity contribution in [2.45, 2.75) is 43.2 Å². The number of rotatable bonds is 7. The second kappa shape index (κ2) is 7.56. The SMILES string of the molecule is CC1Cc2ccccc2N1CCNC(=O)c1ccc(S(=O)(=O)NC2CC2)cc1. The number of para-hydroxylation sites is 1.